The molecule has 2 unspecified atom stereocenters. The molecule has 0 bridgehead atoms. The largest absolute Gasteiger partial charge is 0.489 e. The predicted octanol–water partition coefficient (Wildman–Crippen LogP) is 2.08. The lowest BCUT2D eigenvalue weighted by atomic mass is 10.2. The smallest absolute Gasteiger partial charge is 0.287 e. The number of H-pyrrole nitrogens is 1. The second-order valence-electron chi connectivity index (χ2n) is 8.15. The summed E-state index contributed by atoms with van der Waals surface area (Å²) in [6.45, 7) is 0.242. The first-order chi connectivity index (χ1) is 17.8. The van der Waals surface area contributed by atoms with Gasteiger partial charge in [-0.2, -0.15) is 0 Å². The van der Waals surface area contributed by atoms with Gasteiger partial charge in [-0.05, 0) is 29.8 Å². The molecule has 2 atom stereocenters. The molecule has 37 heavy (non-hydrogen) atoms. The number of nitrogens with zero attached hydrogens (tertiary/aromatic N) is 1. The second kappa shape index (κ2) is 11.6. The van der Waals surface area contributed by atoms with Gasteiger partial charge in [0.15, 0.2) is 23.5 Å². The maximum atomic E-state index is 14.6. The molecule has 0 spiro atoms. The number of hydrogen-bond acceptors (Lipinski definition) is 7. The average Bonchev–Trinajstić information content (AvgIpc) is 2.90. The molecule has 1 aliphatic heterocycles. The zero-order valence-electron chi connectivity index (χ0n) is 19.6. The molecule has 0 radical (unpaired) electrons. The lowest BCUT2D eigenvalue weighted by Crippen LogP contribution is -2.44. The molecule has 3 N–H and O–H groups in total. The van der Waals surface area contributed by atoms with Crippen LogP contribution in [0, 0.1) is 11.6 Å². The van der Waals surface area contributed by atoms with Crippen molar-refractivity contribution < 1.29 is 32.6 Å². The van der Waals surface area contributed by atoms with Crippen LogP contribution in [0.4, 0.5) is 8.78 Å². The number of halogens is 3. The quantitative estimate of drug-likeness (QED) is 0.401. The molecule has 196 valence electrons. The Labute approximate surface area is 214 Å². The molecule has 13 heteroatoms. The first kappa shape index (κ1) is 26.5. The first-order valence-corrected chi connectivity index (χ1v) is 11.7. The Balaban J connectivity index is 1.41. The van der Waals surface area contributed by atoms with Crippen molar-refractivity contribution in [2.24, 2.45) is 0 Å². The van der Waals surface area contributed by atoms with Crippen molar-refractivity contribution >= 4 is 34.3 Å². The third-order valence-corrected chi connectivity index (χ3v) is 5.91. The Kier molecular flexibility index (Phi) is 8.31. The Morgan fingerprint density at radius 1 is 1.19 bits per heavy atom. The standard InChI is InChI=1S/C24H23ClF2N4O6/c1-28-22(32)18-11-36-13(10-37-18)6-7-35-20-16(27)4-5-17-19(20)23(33)31-21(30-17)24(34)29-9-12-2-3-15(26)14(25)8-12/h2-5,8,13,18H,6-7,9-11H2,1H3,(H,28,32)(H,29,34)(H,30,31,33). The van der Waals surface area contributed by atoms with Gasteiger partial charge in [0.05, 0.1) is 36.5 Å². The zero-order chi connectivity index (χ0) is 26.5. The fourth-order valence-electron chi connectivity index (χ4n) is 3.66. The molecule has 0 aliphatic carbocycles. The fourth-order valence-corrected chi connectivity index (χ4v) is 3.86. The van der Waals surface area contributed by atoms with E-state index in [1.54, 1.807) is 0 Å². The number of hydrogen-bond donors (Lipinski definition) is 3. The SMILES string of the molecule is CNC(=O)C1COC(CCOc2c(F)ccc3nc(C(=O)NCc4ccc(F)c(Cl)c4)[nH]c(=O)c23)CO1. The third kappa shape index (κ3) is 6.21. The van der Waals surface area contributed by atoms with Crippen molar-refractivity contribution in [2.45, 2.75) is 25.2 Å². The number of rotatable bonds is 8. The van der Waals surface area contributed by atoms with E-state index in [2.05, 4.69) is 20.6 Å². The van der Waals surface area contributed by atoms with Crippen LogP contribution in [-0.4, -0.2) is 60.9 Å². The zero-order valence-corrected chi connectivity index (χ0v) is 20.4. The van der Waals surface area contributed by atoms with E-state index >= 15 is 0 Å². The molecular weight excluding hydrogens is 514 g/mol. The van der Waals surface area contributed by atoms with Crippen LogP contribution >= 0.6 is 11.6 Å². The van der Waals surface area contributed by atoms with Gasteiger partial charge in [0, 0.05) is 20.0 Å². The van der Waals surface area contributed by atoms with E-state index in [0.29, 0.717) is 12.0 Å². The first-order valence-electron chi connectivity index (χ1n) is 11.3. The minimum atomic E-state index is -0.773. The fraction of sp³-hybridized carbons (Fsp3) is 0.333. The molecule has 4 rings (SSSR count). The van der Waals surface area contributed by atoms with Gasteiger partial charge in [0.1, 0.15) is 11.2 Å². The lowest BCUT2D eigenvalue weighted by Gasteiger charge is -2.28. The van der Waals surface area contributed by atoms with Gasteiger partial charge in [-0.1, -0.05) is 17.7 Å². The van der Waals surface area contributed by atoms with Crippen LogP contribution in [0.15, 0.2) is 35.1 Å². The number of fused-ring (bicyclic) bond motifs is 1. The molecule has 2 heterocycles. The molecule has 3 aromatic rings. The molecule has 1 aromatic heterocycles. The molecular formula is C24H23ClF2N4O6. The minimum Gasteiger partial charge on any atom is -0.489 e. The Morgan fingerprint density at radius 3 is 2.68 bits per heavy atom. The van der Waals surface area contributed by atoms with Crippen LogP contribution in [0.25, 0.3) is 10.9 Å². The van der Waals surface area contributed by atoms with Gasteiger partial charge >= 0.3 is 0 Å². The number of carbonyl (C=O) groups is 2. The van der Waals surface area contributed by atoms with E-state index in [-0.39, 0.29) is 65.9 Å². The highest BCUT2D eigenvalue weighted by Gasteiger charge is 2.27. The summed E-state index contributed by atoms with van der Waals surface area (Å²) in [5, 5.41) is 4.80. The van der Waals surface area contributed by atoms with Crippen molar-refractivity contribution in [2.75, 3.05) is 26.9 Å². The monoisotopic (exact) mass is 536 g/mol. The maximum absolute atomic E-state index is 14.6. The Hall–Kier alpha value is -3.61. The lowest BCUT2D eigenvalue weighted by molar-refractivity contribution is -0.161. The van der Waals surface area contributed by atoms with Crippen LogP contribution < -0.4 is 20.9 Å². The van der Waals surface area contributed by atoms with Gasteiger partial charge in [-0.15, -0.1) is 0 Å². The highest BCUT2D eigenvalue weighted by Crippen LogP contribution is 2.26. The summed E-state index contributed by atoms with van der Waals surface area (Å²) in [7, 11) is 1.50. The van der Waals surface area contributed by atoms with E-state index in [1.165, 1.54) is 31.3 Å². The maximum Gasteiger partial charge on any atom is 0.287 e. The topological polar surface area (TPSA) is 132 Å². The van der Waals surface area contributed by atoms with Crippen LogP contribution in [0.2, 0.25) is 5.02 Å². The van der Waals surface area contributed by atoms with Gasteiger partial charge in [0.25, 0.3) is 17.4 Å². The Morgan fingerprint density at radius 2 is 1.97 bits per heavy atom. The Bertz CT molecular complexity index is 1380. The molecule has 1 saturated heterocycles. The second-order valence-corrected chi connectivity index (χ2v) is 8.55. The van der Waals surface area contributed by atoms with Crippen LogP contribution in [0.3, 0.4) is 0 Å². The number of aromatic amines is 1. The normalized spacial score (nSPS) is 17.4. The predicted molar refractivity (Wildman–Crippen MR) is 129 cm³/mol. The summed E-state index contributed by atoms with van der Waals surface area (Å²) >= 11 is 5.74. The van der Waals surface area contributed by atoms with Gasteiger partial charge in [-0.3, -0.25) is 14.4 Å². The van der Waals surface area contributed by atoms with E-state index in [4.69, 9.17) is 25.8 Å². The highest BCUT2D eigenvalue weighted by atomic mass is 35.5. The summed E-state index contributed by atoms with van der Waals surface area (Å²) in [6.07, 6.45) is -0.751. The summed E-state index contributed by atoms with van der Waals surface area (Å²) < 4.78 is 44.5. The number of ether oxygens (including phenoxy) is 3. The van der Waals surface area contributed by atoms with Crippen LogP contribution in [-0.2, 0) is 20.8 Å². The molecule has 2 aromatic carbocycles. The highest BCUT2D eigenvalue weighted by molar-refractivity contribution is 6.30. The van der Waals surface area contributed by atoms with Crippen molar-refractivity contribution in [1.29, 1.82) is 0 Å². The minimum absolute atomic E-state index is 0.00337. The molecule has 1 fully saturated rings. The number of aromatic nitrogens is 2. The van der Waals surface area contributed by atoms with E-state index in [1.807, 2.05) is 0 Å². The number of carbonyl (C=O) groups excluding carboxylic acids is 2. The van der Waals surface area contributed by atoms with Crippen LogP contribution in [0.5, 0.6) is 5.75 Å². The average molecular weight is 537 g/mol. The van der Waals surface area contributed by atoms with Crippen molar-refractivity contribution in [3.8, 4) is 5.75 Å². The number of amides is 2. The summed E-state index contributed by atoms with van der Waals surface area (Å²) in [4.78, 5) is 43.4. The molecule has 1 aliphatic rings. The van der Waals surface area contributed by atoms with Crippen molar-refractivity contribution in [3.63, 3.8) is 0 Å². The van der Waals surface area contributed by atoms with Gasteiger partial charge in [-0.25, -0.2) is 13.8 Å². The summed E-state index contributed by atoms with van der Waals surface area (Å²) in [5.74, 6) is -2.94. The number of benzene rings is 2. The third-order valence-electron chi connectivity index (χ3n) is 5.62. The van der Waals surface area contributed by atoms with E-state index in [0.717, 1.165) is 6.07 Å². The summed E-state index contributed by atoms with van der Waals surface area (Å²) in [6, 6.07) is 6.34. The number of nitrogens with one attached hydrogen (secondary N) is 3. The van der Waals surface area contributed by atoms with Crippen molar-refractivity contribution in [3.05, 3.63) is 68.7 Å². The van der Waals surface area contributed by atoms with E-state index < -0.39 is 29.2 Å². The number of likely N-dealkylation sites (N-methyl/N-ethyl adjacent to an activating group) is 1. The van der Waals surface area contributed by atoms with Crippen molar-refractivity contribution in [1.82, 2.24) is 20.6 Å². The van der Waals surface area contributed by atoms with Crippen LogP contribution in [0.1, 0.15) is 22.6 Å². The van der Waals surface area contributed by atoms with E-state index in [9.17, 15) is 23.2 Å². The molecule has 2 amide bonds. The summed E-state index contributed by atoms with van der Waals surface area (Å²) in [5.41, 5.74) is -0.168. The molecule has 0 saturated carbocycles. The van der Waals surface area contributed by atoms with Gasteiger partial charge in [0.2, 0.25) is 0 Å². The molecule has 10 nitrogen and oxygen atoms in total. The van der Waals surface area contributed by atoms with Gasteiger partial charge < -0.3 is 29.8 Å².